The standard InChI is InChI=1S/C8H9F3N2/c1-4-3-6(12)5(2)7(13-4)8(9,10)11/h3H,1-2H3,(H2,12,13)/i1D3,2D3,3D. The first-order chi connectivity index (χ1) is 8.67. The molecule has 13 heavy (non-hydrogen) atoms. The lowest BCUT2D eigenvalue weighted by atomic mass is 10.1. The molecule has 0 radical (unpaired) electrons. The fourth-order valence-electron chi connectivity index (χ4n) is 0.718. The lowest BCUT2D eigenvalue weighted by Crippen LogP contribution is -2.12. The van der Waals surface area contributed by atoms with Crippen LogP contribution < -0.4 is 5.73 Å². The molecule has 0 saturated carbocycles. The van der Waals surface area contributed by atoms with E-state index in [9.17, 15) is 13.2 Å². The minimum absolute atomic E-state index is 1.04. The Bertz CT molecular complexity index is 533. The summed E-state index contributed by atoms with van der Waals surface area (Å²) in [5.41, 5.74) is -0.279. The number of hydrogen-bond acceptors (Lipinski definition) is 2. The zero-order valence-corrected chi connectivity index (χ0v) is 6.16. The van der Waals surface area contributed by atoms with Gasteiger partial charge in [-0.25, -0.2) is 4.98 Å². The molecule has 72 valence electrons. The highest BCUT2D eigenvalue weighted by molar-refractivity contribution is 5.49. The van der Waals surface area contributed by atoms with Gasteiger partial charge >= 0.3 is 6.18 Å². The van der Waals surface area contributed by atoms with Gasteiger partial charge in [-0.3, -0.25) is 0 Å². The van der Waals surface area contributed by atoms with Crippen molar-refractivity contribution in [2.24, 2.45) is 0 Å². The summed E-state index contributed by atoms with van der Waals surface area (Å²) in [5, 5.41) is 0. The van der Waals surface area contributed by atoms with Crippen LogP contribution in [0.2, 0.25) is 0 Å². The first kappa shape index (κ1) is 3.86. The number of aromatic nitrogens is 1. The zero-order valence-electron chi connectivity index (χ0n) is 13.2. The number of nitrogen functional groups attached to an aromatic ring is 1. The number of nitrogens with two attached hydrogens (primary N) is 1. The van der Waals surface area contributed by atoms with Gasteiger partial charge in [0.25, 0.3) is 0 Å². The quantitative estimate of drug-likeness (QED) is 0.693. The molecule has 0 unspecified atom stereocenters. The fourth-order valence-corrected chi connectivity index (χ4v) is 0.718. The van der Waals surface area contributed by atoms with Crippen LogP contribution >= 0.6 is 0 Å². The third-order valence-electron chi connectivity index (χ3n) is 1.25. The van der Waals surface area contributed by atoms with E-state index in [-0.39, 0.29) is 0 Å². The van der Waals surface area contributed by atoms with Crippen molar-refractivity contribution in [3.63, 3.8) is 0 Å². The van der Waals surface area contributed by atoms with Crippen LogP contribution in [0.3, 0.4) is 0 Å². The molecular weight excluding hydrogens is 181 g/mol. The molecule has 5 heteroatoms. The summed E-state index contributed by atoms with van der Waals surface area (Å²) >= 11 is 0. The first-order valence-corrected chi connectivity index (χ1v) is 3.05. The Labute approximate surface area is 83.4 Å². The monoisotopic (exact) mass is 197 g/mol. The molecule has 0 amide bonds. The number of aryl methyl sites for hydroxylation is 1. The maximum absolute atomic E-state index is 12.8. The van der Waals surface area contributed by atoms with E-state index in [1.807, 2.05) is 0 Å². The van der Waals surface area contributed by atoms with Crippen LogP contribution in [0.25, 0.3) is 0 Å². The van der Waals surface area contributed by atoms with Gasteiger partial charge in [0.05, 0.1) is 1.37 Å². The smallest absolute Gasteiger partial charge is 0.398 e. The molecule has 1 rings (SSSR count). The summed E-state index contributed by atoms with van der Waals surface area (Å²) in [6.07, 6.45) is -5.20. The largest absolute Gasteiger partial charge is 0.433 e. The number of hydrogen-bond donors (Lipinski definition) is 1. The second kappa shape index (κ2) is 2.90. The highest BCUT2D eigenvalue weighted by Crippen LogP contribution is 2.32. The minimum atomic E-state index is -5.20. The van der Waals surface area contributed by atoms with Gasteiger partial charge in [-0.2, -0.15) is 13.2 Å². The van der Waals surface area contributed by atoms with Gasteiger partial charge in [0.15, 0.2) is 0 Å². The molecule has 0 atom stereocenters. The van der Waals surface area contributed by atoms with E-state index in [1.165, 1.54) is 0 Å². The maximum atomic E-state index is 12.8. The van der Waals surface area contributed by atoms with Crippen molar-refractivity contribution in [3.8, 4) is 0 Å². The normalized spacial score (nSPS) is 21.6. The Morgan fingerprint density at radius 1 is 1.54 bits per heavy atom. The predicted molar refractivity (Wildman–Crippen MR) is 43.1 cm³/mol. The molecule has 0 aromatic carbocycles. The SMILES string of the molecule is [2H]c1c(C([2H])([2H])[2H])nc(C(F)(F)F)c(C([2H])([2H])[2H])c1N. The van der Waals surface area contributed by atoms with Crippen molar-refractivity contribution in [1.29, 1.82) is 0 Å². The van der Waals surface area contributed by atoms with Crippen LogP contribution in [0.5, 0.6) is 0 Å². The second-order valence-electron chi connectivity index (χ2n) is 2.22. The van der Waals surface area contributed by atoms with E-state index in [4.69, 9.17) is 15.3 Å². The minimum Gasteiger partial charge on any atom is -0.398 e. The molecular formula is C8H9F3N2. The third-order valence-corrected chi connectivity index (χ3v) is 1.25. The van der Waals surface area contributed by atoms with Crippen molar-refractivity contribution in [2.45, 2.75) is 19.9 Å². The summed E-state index contributed by atoms with van der Waals surface area (Å²) in [5.74, 6) is 0. The lowest BCUT2D eigenvalue weighted by molar-refractivity contribution is -0.141. The molecule has 0 spiro atoms. The topological polar surface area (TPSA) is 38.9 Å². The Hall–Kier alpha value is -1.26. The summed E-state index contributed by atoms with van der Waals surface area (Å²) in [6.45, 7) is -6.39. The van der Waals surface area contributed by atoms with Crippen LogP contribution in [-0.2, 0) is 6.18 Å². The lowest BCUT2D eigenvalue weighted by Gasteiger charge is -2.11. The fraction of sp³-hybridized carbons (Fsp3) is 0.375. The van der Waals surface area contributed by atoms with Gasteiger partial charge in [0, 0.05) is 25.2 Å². The second-order valence-corrected chi connectivity index (χ2v) is 2.22. The summed E-state index contributed by atoms with van der Waals surface area (Å²) in [6, 6.07) is -1.04. The molecule has 1 aromatic heterocycles. The number of halogens is 3. The van der Waals surface area contributed by atoms with Crippen LogP contribution in [0.15, 0.2) is 6.04 Å². The molecule has 1 aromatic rings. The number of rotatable bonds is 0. The van der Waals surface area contributed by atoms with Gasteiger partial charge in [0.2, 0.25) is 0 Å². The van der Waals surface area contributed by atoms with E-state index < -0.39 is 48.6 Å². The van der Waals surface area contributed by atoms with E-state index in [2.05, 4.69) is 4.98 Å². The Kier molecular flexibility index (Phi) is 0.861. The summed E-state index contributed by atoms with van der Waals surface area (Å²) in [7, 11) is 0. The van der Waals surface area contributed by atoms with Crippen molar-refractivity contribution in [2.75, 3.05) is 5.73 Å². The van der Waals surface area contributed by atoms with Crippen molar-refractivity contribution < 1.29 is 22.8 Å². The van der Waals surface area contributed by atoms with Crippen molar-refractivity contribution in [1.82, 2.24) is 4.98 Å². The van der Waals surface area contributed by atoms with Crippen molar-refractivity contribution >= 4 is 5.69 Å². The predicted octanol–water partition coefficient (Wildman–Crippen LogP) is 2.30. The van der Waals surface area contributed by atoms with Gasteiger partial charge in [-0.1, -0.05) is 0 Å². The average molecular weight is 197 g/mol. The molecule has 1 heterocycles. The zero-order chi connectivity index (χ0) is 16.1. The Morgan fingerprint density at radius 2 is 2.23 bits per heavy atom. The molecule has 2 N–H and O–H groups in total. The highest BCUT2D eigenvalue weighted by atomic mass is 19.4. The molecule has 0 bridgehead atoms. The average Bonchev–Trinajstić information content (AvgIpc) is 2.15. The van der Waals surface area contributed by atoms with Gasteiger partial charge < -0.3 is 5.73 Å². The van der Waals surface area contributed by atoms with Gasteiger partial charge in [-0.05, 0) is 19.7 Å². The first-order valence-electron chi connectivity index (χ1n) is 6.55. The van der Waals surface area contributed by atoms with E-state index in [1.54, 1.807) is 0 Å². The van der Waals surface area contributed by atoms with Crippen LogP contribution in [0.4, 0.5) is 18.9 Å². The number of alkyl halides is 3. The molecule has 0 fully saturated rings. The third kappa shape index (κ3) is 1.91. The van der Waals surface area contributed by atoms with Gasteiger partial charge in [0.1, 0.15) is 5.69 Å². The van der Waals surface area contributed by atoms with Crippen LogP contribution in [0.1, 0.15) is 26.5 Å². The Balaban J connectivity index is 3.85. The van der Waals surface area contributed by atoms with E-state index in [0.29, 0.717) is 0 Å². The molecule has 0 saturated heterocycles. The molecule has 0 aliphatic rings. The molecule has 0 aliphatic heterocycles. The van der Waals surface area contributed by atoms with Crippen LogP contribution in [0, 0.1) is 13.7 Å². The Morgan fingerprint density at radius 3 is 2.69 bits per heavy atom. The van der Waals surface area contributed by atoms with E-state index in [0.717, 1.165) is 0 Å². The number of anilines is 1. The summed E-state index contributed by atoms with van der Waals surface area (Å²) < 4.78 is 88.2. The highest BCUT2D eigenvalue weighted by Gasteiger charge is 2.35. The maximum Gasteiger partial charge on any atom is 0.433 e. The van der Waals surface area contributed by atoms with Gasteiger partial charge in [-0.15, -0.1) is 0 Å². The van der Waals surface area contributed by atoms with Crippen LogP contribution in [-0.4, -0.2) is 4.98 Å². The number of nitrogens with zero attached hydrogens (tertiary/aromatic N) is 1. The molecule has 2 nitrogen and oxygen atoms in total. The summed E-state index contributed by atoms with van der Waals surface area (Å²) in [4.78, 5) is 2.83. The number of pyridine rings is 1. The van der Waals surface area contributed by atoms with Crippen molar-refractivity contribution in [3.05, 3.63) is 23.0 Å². The van der Waals surface area contributed by atoms with E-state index >= 15 is 0 Å². The molecule has 0 aliphatic carbocycles.